The number of rotatable bonds is 5. The average molecular weight is 399 g/mol. The fourth-order valence-electron chi connectivity index (χ4n) is 2.93. The number of hydrogen-bond donors (Lipinski definition) is 1. The highest BCUT2D eigenvalue weighted by Gasteiger charge is 2.16. The molecule has 0 fully saturated rings. The molecule has 0 aliphatic carbocycles. The summed E-state index contributed by atoms with van der Waals surface area (Å²) in [5, 5.41) is 8.95. The third-order valence-electron chi connectivity index (χ3n) is 4.32. The van der Waals surface area contributed by atoms with Crippen LogP contribution in [0.5, 0.6) is 0 Å². The number of carbonyl (C=O) groups is 1. The molecule has 3 aromatic heterocycles. The van der Waals surface area contributed by atoms with Gasteiger partial charge in [0.05, 0.1) is 23.2 Å². The molecule has 27 heavy (non-hydrogen) atoms. The van der Waals surface area contributed by atoms with Gasteiger partial charge in [-0.3, -0.25) is 4.79 Å². The fourth-order valence-corrected chi connectivity index (χ4v) is 4.17. The Bertz CT molecular complexity index is 1120. The summed E-state index contributed by atoms with van der Waals surface area (Å²) in [6.07, 6.45) is 2.17. The number of nitrogens with one attached hydrogen (secondary N) is 1. The first kappa shape index (κ1) is 17.9. The Morgan fingerprint density at radius 2 is 2.04 bits per heavy atom. The van der Waals surface area contributed by atoms with Crippen LogP contribution in [0.2, 0.25) is 0 Å². The number of aryl methyl sites for hydroxylation is 2. The zero-order valence-electron chi connectivity index (χ0n) is 15.2. The molecule has 9 heteroatoms. The number of para-hydroxylation sites is 1. The van der Waals surface area contributed by atoms with Gasteiger partial charge in [0.25, 0.3) is 5.78 Å². The van der Waals surface area contributed by atoms with Crippen molar-refractivity contribution in [2.24, 2.45) is 0 Å². The van der Waals surface area contributed by atoms with Crippen molar-refractivity contribution in [1.29, 1.82) is 0 Å². The monoisotopic (exact) mass is 398 g/mol. The molecule has 4 rings (SSSR count). The maximum Gasteiger partial charge on any atom is 0.253 e. The number of carbonyl (C=O) groups excluding carboxylic acids is 1. The minimum atomic E-state index is -0.0631. The molecule has 4 aromatic rings. The Balaban J connectivity index is 1.50. The van der Waals surface area contributed by atoms with Crippen LogP contribution in [0.1, 0.15) is 22.0 Å². The topological polar surface area (TPSA) is 85.1 Å². The predicted molar refractivity (Wildman–Crippen MR) is 107 cm³/mol. The largest absolute Gasteiger partial charge is 0.349 e. The minimum Gasteiger partial charge on any atom is -0.349 e. The van der Waals surface area contributed by atoms with Gasteiger partial charge < -0.3 is 5.32 Å². The Kier molecular flexibility index (Phi) is 4.79. The number of hydrogen-bond acceptors (Lipinski definition) is 7. The highest BCUT2D eigenvalue weighted by molar-refractivity contribution is 7.98. The van der Waals surface area contributed by atoms with Gasteiger partial charge in [0.15, 0.2) is 0 Å². The molecule has 0 aliphatic rings. The third kappa shape index (κ3) is 3.52. The molecule has 1 N–H and O–H groups in total. The SMILES string of the molecule is CSc1nc2nc(C)c(CC(=O)NCc3nc4ccccc4s3)c(C)n2n1. The van der Waals surface area contributed by atoms with Crippen LogP contribution in [-0.4, -0.2) is 36.7 Å². The number of thiazole rings is 1. The van der Waals surface area contributed by atoms with Crippen LogP contribution in [0.15, 0.2) is 29.4 Å². The van der Waals surface area contributed by atoms with E-state index in [2.05, 4.69) is 25.4 Å². The van der Waals surface area contributed by atoms with E-state index in [1.165, 1.54) is 11.8 Å². The quantitative estimate of drug-likeness (QED) is 0.520. The molecule has 0 atom stereocenters. The van der Waals surface area contributed by atoms with Gasteiger partial charge in [-0.05, 0) is 32.2 Å². The molecule has 0 unspecified atom stereocenters. The predicted octanol–water partition coefficient (Wildman–Crippen LogP) is 2.93. The van der Waals surface area contributed by atoms with E-state index in [1.54, 1.807) is 15.9 Å². The Labute approximate surface area is 164 Å². The number of thioether (sulfide) groups is 1. The van der Waals surface area contributed by atoms with Crippen molar-refractivity contribution >= 4 is 45.0 Å². The van der Waals surface area contributed by atoms with Gasteiger partial charge in [-0.2, -0.15) is 4.98 Å². The Morgan fingerprint density at radius 3 is 2.81 bits per heavy atom. The lowest BCUT2D eigenvalue weighted by molar-refractivity contribution is -0.120. The maximum absolute atomic E-state index is 12.5. The molecule has 1 amide bonds. The number of fused-ring (bicyclic) bond motifs is 2. The van der Waals surface area contributed by atoms with E-state index in [4.69, 9.17) is 0 Å². The summed E-state index contributed by atoms with van der Waals surface area (Å²) in [6.45, 7) is 4.26. The van der Waals surface area contributed by atoms with Crippen molar-refractivity contribution in [2.45, 2.75) is 32.0 Å². The van der Waals surface area contributed by atoms with Crippen LogP contribution in [0.4, 0.5) is 0 Å². The first-order chi connectivity index (χ1) is 13.0. The van der Waals surface area contributed by atoms with Crippen molar-refractivity contribution in [3.05, 3.63) is 46.2 Å². The van der Waals surface area contributed by atoms with Crippen molar-refractivity contribution in [3.8, 4) is 0 Å². The summed E-state index contributed by atoms with van der Waals surface area (Å²) in [5.41, 5.74) is 3.53. The summed E-state index contributed by atoms with van der Waals surface area (Å²) in [5.74, 6) is 0.500. The summed E-state index contributed by atoms with van der Waals surface area (Å²) in [6, 6.07) is 7.97. The standard InChI is InChI=1S/C18H18N6OS2/c1-10-12(11(2)24-17(20-10)22-18(23-24)26-3)8-15(25)19-9-16-21-13-6-4-5-7-14(13)27-16/h4-7H,8-9H2,1-3H3,(H,19,25). The lowest BCUT2D eigenvalue weighted by atomic mass is 10.1. The second kappa shape index (κ2) is 7.24. The maximum atomic E-state index is 12.5. The van der Waals surface area contributed by atoms with Gasteiger partial charge in [-0.25, -0.2) is 14.5 Å². The smallest absolute Gasteiger partial charge is 0.253 e. The van der Waals surface area contributed by atoms with E-state index in [0.717, 1.165) is 32.2 Å². The highest BCUT2D eigenvalue weighted by Crippen LogP contribution is 2.21. The van der Waals surface area contributed by atoms with Crippen LogP contribution >= 0.6 is 23.1 Å². The summed E-state index contributed by atoms with van der Waals surface area (Å²) in [4.78, 5) is 25.9. The molecular weight excluding hydrogens is 380 g/mol. The van der Waals surface area contributed by atoms with Crippen LogP contribution < -0.4 is 5.32 Å². The fraction of sp³-hybridized carbons (Fsp3) is 0.278. The second-order valence-corrected chi connectivity index (χ2v) is 7.99. The Morgan fingerprint density at radius 1 is 1.22 bits per heavy atom. The number of nitrogens with zero attached hydrogens (tertiary/aromatic N) is 5. The lowest BCUT2D eigenvalue weighted by Gasteiger charge is -2.10. The second-order valence-electron chi connectivity index (χ2n) is 6.10. The zero-order valence-corrected chi connectivity index (χ0v) is 16.8. The van der Waals surface area contributed by atoms with Gasteiger partial charge in [0.2, 0.25) is 11.1 Å². The zero-order chi connectivity index (χ0) is 19.0. The van der Waals surface area contributed by atoms with Crippen molar-refractivity contribution < 1.29 is 4.79 Å². The first-order valence-corrected chi connectivity index (χ1v) is 10.5. The summed E-state index contributed by atoms with van der Waals surface area (Å²) >= 11 is 3.06. The van der Waals surface area contributed by atoms with Crippen LogP contribution in [0.25, 0.3) is 16.0 Å². The van der Waals surface area contributed by atoms with E-state index in [0.29, 0.717) is 17.5 Å². The summed E-state index contributed by atoms with van der Waals surface area (Å²) < 4.78 is 2.83. The Hall–Kier alpha value is -2.52. The molecular formula is C18H18N6OS2. The van der Waals surface area contributed by atoms with Gasteiger partial charge >= 0.3 is 0 Å². The van der Waals surface area contributed by atoms with E-state index in [-0.39, 0.29) is 12.3 Å². The van der Waals surface area contributed by atoms with E-state index < -0.39 is 0 Å². The van der Waals surface area contributed by atoms with Crippen molar-refractivity contribution in [2.75, 3.05) is 6.26 Å². The lowest BCUT2D eigenvalue weighted by Crippen LogP contribution is -2.25. The molecule has 1 aromatic carbocycles. The normalized spacial score (nSPS) is 11.4. The molecule has 138 valence electrons. The average Bonchev–Trinajstić information content (AvgIpc) is 3.26. The van der Waals surface area contributed by atoms with Crippen molar-refractivity contribution in [3.63, 3.8) is 0 Å². The molecule has 3 heterocycles. The van der Waals surface area contributed by atoms with Gasteiger partial charge in [0.1, 0.15) is 5.01 Å². The van der Waals surface area contributed by atoms with Crippen LogP contribution in [-0.2, 0) is 17.8 Å². The van der Waals surface area contributed by atoms with Crippen LogP contribution in [0.3, 0.4) is 0 Å². The molecule has 0 saturated carbocycles. The molecule has 0 radical (unpaired) electrons. The molecule has 7 nitrogen and oxygen atoms in total. The first-order valence-electron chi connectivity index (χ1n) is 8.43. The van der Waals surface area contributed by atoms with E-state index in [1.807, 2.05) is 44.4 Å². The number of amides is 1. The van der Waals surface area contributed by atoms with E-state index >= 15 is 0 Å². The van der Waals surface area contributed by atoms with Gasteiger partial charge in [-0.15, -0.1) is 16.4 Å². The molecule has 0 saturated heterocycles. The molecule has 0 bridgehead atoms. The number of benzene rings is 1. The van der Waals surface area contributed by atoms with Gasteiger partial charge in [-0.1, -0.05) is 23.9 Å². The van der Waals surface area contributed by atoms with E-state index in [9.17, 15) is 4.79 Å². The minimum absolute atomic E-state index is 0.0631. The van der Waals surface area contributed by atoms with Gasteiger partial charge in [0, 0.05) is 17.0 Å². The summed E-state index contributed by atoms with van der Waals surface area (Å²) in [7, 11) is 0. The van der Waals surface area contributed by atoms with Crippen LogP contribution in [0, 0.1) is 13.8 Å². The third-order valence-corrected chi connectivity index (χ3v) is 5.90. The number of aromatic nitrogens is 5. The van der Waals surface area contributed by atoms with Crippen molar-refractivity contribution in [1.82, 2.24) is 29.9 Å². The highest BCUT2D eigenvalue weighted by atomic mass is 32.2. The molecule has 0 aliphatic heterocycles. The molecule has 0 spiro atoms.